The molecule has 4 rings (SSSR count). The van der Waals surface area contributed by atoms with Crippen LogP contribution in [0.2, 0.25) is 0 Å². The molecule has 0 radical (unpaired) electrons. The predicted molar refractivity (Wildman–Crippen MR) is 127 cm³/mol. The minimum absolute atomic E-state index is 0.171. The number of hydrogen-bond donors (Lipinski definition) is 1. The van der Waals surface area contributed by atoms with Gasteiger partial charge in [-0.1, -0.05) is 42.5 Å². The topological polar surface area (TPSA) is 76.1 Å². The number of aromatic nitrogens is 1. The second kappa shape index (κ2) is 8.77. The zero-order valence-corrected chi connectivity index (χ0v) is 18.6. The number of amides is 1. The first-order valence-electron chi connectivity index (χ1n) is 10.1. The van der Waals surface area contributed by atoms with E-state index in [1.165, 1.54) is 6.07 Å². The number of rotatable bonds is 5. The number of hydrogen-bond acceptors (Lipinski definition) is 4. The standard InChI is InChI=1S/C26H22N2O3S/c1-18-8-3-4-11-22(18)24-17-21(32(2,30)31)13-14-23(24)26(29)28-20-10-7-9-19(16-20)25-12-5-6-15-27-25/h3-17H,1-2H3,(H,28,29). The van der Waals surface area contributed by atoms with Crippen molar-refractivity contribution >= 4 is 21.4 Å². The first-order valence-corrected chi connectivity index (χ1v) is 11.9. The smallest absolute Gasteiger partial charge is 0.256 e. The SMILES string of the molecule is Cc1ccccc1-c1cc(S(C)(=O)=O)ccc1C(=O)Nc1cccc(-c2ccccn2)c1. The number of benzene rings is 3. The Bertz CT molecular complexity index is 1400. The van der Waals surface area contributed by atoms with Crippen molar-refractivity contribution in [1.82, 2.24) is 4.98 Å². The van der Waals surface area contributed by atoms with Crippen LogP contribution in [0.25, 0.3) is 22.4 Å². The molecule has 1 amide bonds. The van der Waals surface area contributed by atoms with Crippen molar-refractivity contribution < 1.29 is 13.2 Å². The van der Waals surface area contributed by atoms with E-state index in [-0.39, 0.29) is 10.8 Å². The third-order valence-electron chi connectivity index (χ3n) is 5.18. The van der Waals surface area contributed by atoms with E-state index >= 15 is 0 Å². The highest BCUT2D eigenvalue weighted by Gasteiger charge is 2.18. The van der Waals surface area contributed by atoms with Crippen molar-refractivity contribution in [3.05, 3.63) is 102 Å². The van der Waals surface area contributed by atoms with Crippen LogP contribution in [0.1, 0.15) is 15.9 Å². The van der Waals surface area contributed by atoms with Gasteiger partial charge in [0.05, 0.1) is 10.6 Å². The number of carbonyl (C=O) groups excluding carboxylic acids is 1. The van der Waals surface area contributed by atoms with Gasteiger partial charge in [-0.05, 0) is 66.1 Å². The van der Waals surface area contributed by atoms with Crippen LogP contribution in [0, 0.1) is 6.92 Å². The fourth-order valence-corrected chi connectivity index (χ4v) is 4.19. The Morgan fingerprint density at radius 2 is 1.62 bits per heavy atom. The van der Waals surface area contributed by atoms with E-state index in [0.717, 1.165) is 28.6 Å². The molecule has 1 heterocycles. The third kappa shape index (κ3) is 4.60. The van der Waals surface area contributed by atoms with Gasteiger partial charge in [-0.25, -0.2) is 8.42 Å². The fraction of sp³-hybridized carbons (Fsp3) is 0.0769. The van der Waals surface area contributed by atoms with E-state index in [1.54, 1.807) is 18.3 Å². The second-order valence-corrected chi connectivity index (χ2v) is 9.56. The number of nitrogens with one attached hydrogen (secondary N) is 1. The van der Waals surface area contributed by atoms with E-state index < -0.39 is 9.84 Å². The zero-order valence-electron chi connectivity index (χ0n) is 17.7. The maximum Gasteiger partial charge on any atom is 0.256 e. The Morgan fingerprint density at radius 3 is 2.34 bits per heavy atom. The Kier molecular flexibility index (Phi) is 5.88. The maximum atomic E-state index is 13.3. The summed E-state index contributed by atoms with van der Waals surface area (Å²) in [7, 11) is -3.42. The molecule has 32 heavy (non-hydrogen) atoms. The summed E-state index contributed by atoms with van der Waals surface area (Å²) in [6.45, 7) is 1.93. The summed E-state index contributed by atoms with van der Waals surface area (Å²) in [5.41, 5.74) is 5.05. The average Bonchev–Trinajstić information content (AvgIpc) is 2.79. The minimum Gasteiger partial charge on any atom is -0.322 e. The lowest BCUT2D eigenvalue weighted by Gasteiger charge is -2.14. The highest BCUT2D eigenvalue weighted by atomic mass is 32.2. The Balaban J connectivity index is 1.74. The quantitative estimate of drug-likeness (QED) is 0.450. The monoisotopic (exact) mass is 442 g/mol. The molecule has 0 fully saturated rings. The number of nitrogens with zero attached hydrogens (tertiary/aromatic N) is 1. The molecule has 0 saturated heterocycles. The van der Waals surface area contributed by atoms with Crippen LogP contribution in [0.3, 0.4) is 0 Å². The predicted octanol–water partition coefficient (Wildman–Crippen LogP) is 5.38. The fourth-order valence-electron chi connectivity index (χ4n) is 3.54. The van der Waals surface area contributed by atoms with Gasteiger partial charge in [-0.15, -0.1) is 0 Å². The highest BCUT2D eigenvalue weighted by molar-refractivity contribution is 7.90. The lowest BCUT2D eigenvalue weighted by atomic mass is 9.95. The molecule has 0 aliphatic rings. The number of pyridine rings is 1. The molecule has 3 aromatic carbocycles. The Morgan fingerprint density at radius 1 is 0.844 bits per heavy atom. The van der Waals surface area contributed by atoms with Gasteiger partial charge >= 0.3 is 0 Å². The van der Waals surface area contributed by atoms with E-state index in [4.69, 9.17) is 0 Å². The summed E-state index contributed by atoms with van der Waals surface area (Å²) in [6, 6.07) is 25.3. The molecule has 6 heteroatoms. The molecule has 0 saturated carbocycles. The van der Waals surface area contributed by atoms with Gasteiger partial charge in [0.15, 0.2) is 9.84 Å². The van der Waals surface area contributed by atoms with Gasteiger partial charge in [0, 0.05) is 29.3 Å². The first-order chi connectivity index (χ1) is 15.3. The third-order valence-corrected chi connectivity index (χ3v) is 6.29. The van der Waals surface area contributed by atoms with Gasteiger partial charge in [0.2, 0.25) is 0 Å². The second-order valence-electron chi connectivity index (χ2n) is 7.54. The lowest BCUT2D eigenvalue weighted by molar-refractivity contribution is 0.102. The Labute approximate surface area is 187 Å². The van der Waals surface area contributed by atoms with E-state index in [0.29, 0.717) is 16.8 Å². The van der Waals surface area contributed by atoms with E-state index in [9.17, 15) is 13.2 Å². The summed E-state index contributed by atoms with van der Waals surface area (Å²) in [6.07, 6.45) is 2.88. The molecule has 0 spiro atoms. The number of carbonyl (C=O) groups is 1. The molecule has 1 aromatic heterocycles. The van der Waals surface area contributed by atoms with Crippen LogP contribution in [-0.2, 0) is 9.84 Å². The van der Waals surface area contributed by atoms with Gasteiger partial charge in [0.25, 0.3) is 5.91 Å². The van der Waals surface area contributed by atoms with E-state index in [1.807, 2.05) is 73.7 Å². The van der Waals surface area contributed by atoms with Crippen LogP contribution in [0.15, 0.2) is 96.0 Å². The molecule has 0 unspecified atom stereocenters. The van der Waals surface area contributed by atoms with Gasteiger partial charge in [-0.3, -0.25) is 9.78 Å². The van der Waals surface area contributed by atoms with Crippen LogP contribution in [0.4, 0.5) is 5.69 Å². The summed E-state index contributed by atoms with van der Waals surface area (Å²) < 4.78 is 24.3. The normalized spacial score (nSPS) is 11.2. The van der Waals surface area contributed by atoms with Crippen molar-refractivity contribution in [3.8, 4) is 22.4 Å². The van der Waals surface area contributed by atoms with Crippen LogP contribution in [0.5, 0.6) is 0 Å². The van der Waals surface area contributed by atoms with E-state index in [2.05, 4.69) is 10.3 Å². The summed E-state index contributed by atoms with van der Waals surface area (Å²) >= 11 is 0. The molecule has 5 nitrogen and oxygen atoms in total. The van der Waals surface area contributed by atoms with Crippen molar-refractivity contribution in [2.24, 2.45) is 0 Å². The number of anilines is 1. The van der Waals surface area contributed by atoms with Crippen LogP contribution >= 0.6 is 0 Å². The van der Waals surface area contributed by atoms with Crippen molar-refractivity contribution in [3.63, 3.8) is 0 Å². The zero-order chi connectivity index (χ0) is 22.7. The van der Waals surface area contributed by atoms with Crippen molar-refractivity contribution in [1.29, 1.82) is 0 Å². The van der Waals surface area contributed by atoms with Gasteiger partial charge < -0.3 is 5.32 Å². The number of sulfone groups is 1. The molecule has 4 aromatic rings. The summed E-state index contributed by atoms with van der Waals surface area (Å²) in [5.74, 6) is -0.318. The number of aryl methyl sites for hydroxylation is 1. The average molecular weight is 443 g/mol. The largest absolute Gasteiger partial charge is 0.322 e. The van der Waals surface area contributed by atoms with Crippen LogP contribution in [-0.4, -0.2) is 25.6 Å². The van der Waals surface area contributed by atoms with Gasteiger partial charge in [0.1, 0.15) is 0 Å². The molecule has 0 aliphatic carbocycles. The lowest BCUT2D eigenvalue weighted by Crippen LogP contribution is -2.14. The molecule has 0 bridgehead atoms. The van der Waals surface area contributed by atoms with Crippen molar-refractivity contribution in [2.45, 2.75) is 11.8 Å². The Hall–Kier alpha value is -3.77. The van der Waals surface area contributed by atoms with Crippen LogP contribution < -0.4 is 5.32 Å². The molecule has 1 N–H and O–H groups in total. The molecule has 160 valence electrons. The van der Waals surface area contributed by atoms with Gasteiger partial charge in [-0.2, -0.15) is 0 Å². The summed E-state index contributed by atoms with van der Waals surface area (Å²) in [5, 5.41) is 2.94. The molecule has 0 atom stereocenters. The van der Waals surface area contributed by atoms with Crippen molar-refractivity contribution in [2.75, 3.05) is 11.6 Å². The molecular weight excluding hydrogens is 420 g/mol. The molecular formula is C26H22N2O3S. The minimum atomic E-state index is -3.42. The molecule has 0 aliphatic heterocycles. The highest BCUT2D eigenvalue weighted by Crippen LogP contribution is 2.30. The maximum absolute atomic E-state index is 13.3. The first kappa shape index (κ1) is 21.5. The summed E-state index contributed by atoms with van der Waals surface area (Å²) in [4.78, 5) is 17.8.